The van der Waals surface area contributed by atoms with Gasteiger partial charge in [0.2, 0.25) is 0 Å². The fourth-order valence-electron chi connectivity index (χ4n) is 3.15. The molecule has 2 heterocycles. The molecule has 1 aliphatic rings. The number of aromatic amines is 1. The average Bonchev–Trinajstić information content (AvgIpc) is 3.09. The number of aromatic nitrogens is 3. The van der Waals surface area contributed by atoms with Gasteiger partial charge >= 0.3 is 0 Å². The molecule has 1 aromatic carbocycles. The quantitative estimate of drug-likeness (QED) is 0.884. The van der Waals surface area contributed by atoms with Gasteiger partial charge in [-0.2, -0.15) is 5.10 Å². The summed E-state index contributed by atoms with van der Waals surface area (Å²) in [5.74, 6) is 1.33. The number of hydrogen-bond acceptors (Lipinski definition) is 4. The van der Waals surface area contributed by atoms with Gasteiger partial charge < -0.3 is 10.2 Å². The third kappa shape index (κ3) is 4.16. The van der Waals surface area contributed by atoms with Gasteiger partial charge in [0.1, 0.15) is 6.33 Å². The third-order valence-electron chi connectivity index (χ3n) is 4.37. The fraction of sp³-hybridized carbons (Fsp3) is 0.471. The van der Waals surface area contributed by atoms with E-state index >= 15 is 0 Å². The molecule has 0 radical (unpaired) electrons. The molecule has 1 atom stereocenters. The summed E-state index contributed by atoms with van der Waals surface area (Å²) in [6, 6.07) is 7.44. The van der Waals surface area contributed by atoms with E-state index in [1.54, 1.807) is 0 Å². The van der Waals surface area contributed by atoms with Gasteiger partial charge in [-0.3, -0.25) is 9.89 Å². The van der Waals surface area contributed by atoms with Crippen molar-refractivity contribution in [2.45, 2.75) is 19.3 Å². The normalized spacial score (nSPS) is 18.7. The molecule has 6 nitrogen and oxygen atoms in total. The lowest BCUT2D eigenvalue weighted by molar-refractivity contribution is 0.0948. The predicted molar refractivity (Wildman–Crippen MR) is 89.0 cm³/mol. The molecule has 1 aliphatic heterocycles. The van der Waals surface area contributed by atoms with Crippen molar-refractivity contribution in [2.75, 3.05) is 26.7 Å². The number of nitrogens with zero attached hydrogens (tertiary/aromatic N) is 3. The Kier molecular flexibility index (Phi) is 5.02. The van der Waals surface area contributed by atoms with E-state index in [4.69, 9.17) is 0 Å². The summed E-state index contributed by atoms with van der Waals surface area (Å²) in [7, 11) is 2.17. The Bertz CT molecular complexity index is 640. The lowest BCUT2D eigenvalue weighted by Crippen LogP contribution is -2.34. The number of amides is 1. The van der Waals surface area contributed by atoms with E-state index in [1.165, 1.54) is 25.7 Å². The standard InChI is InChI=1S/C17H23N5O/c1-22-9-3-4-13(11-22)7-8-18-17(23)15-6-2-5-14(10-15)16-19-12-20-21-16/h2,5-6,10,12-13H,3-4,7-9,11H2,1H3,(H,18,23)(H,19,20,21). The van der Waals surface area contributed by atoms with Crippen LogP contribution in [0.15, 0.2) is 30.6 Å². The minimum atomic E-state index is -0.0319. The highest BCUT2D eigenvalue weighted by molar-refractivity contribution is 5.95. The predicted octanol–water partition coefficient (Wildman–Crippen LogP) is 1.93. The van der Waals surface area contributed by atoms with Crippen LogP contribution in [0.5, 0.6) is 0 Å². The van der Waals surface area contributed by atoms with Gasteiger partial charge in [0.25, 0.3) is 5.91 Å². The van der Waals surface area contributed by atoms with Crippen LogP contribution < -0.4 is 5.32 Å². The van der Waals surface area contributed by atoms with E-state index in [0.717, 1.165) is 25.1 Å². The number of piperidine rings is 1. The van der Waals surface area contributed by atoms with Gasteiger partial charge in [0, 0.05) is 24.2 Å². The Labute approximate surface area is 136 Å². The summed E-state index contributed by atoms with van der Waals surface area (Å²) in [4.78, 5) is 18.8. The highest BCUT2D eigenvalue weighted by Gasteiger charge is 2.17. The van der Waals surface area contributed by atoms with Crippen molar-refractivity contribution in [3.63, 3.8) is 0 Å². The molecule has 6 heteroatoms. The molecule has 23 heavy (non-hydrogen) atoms. The second-order valence-electron chi connectivity index (χ2n) is 6.23. The summed E-state index contributed by atoms with van der Waals surface area (Å²) in [6.45, 7) is 3.05. The number of likely N-dealkylation sites (tertiary alicyclic amines) is 1. The molecule has 3 rings (SSSR count). The fourth-order valence-corrected chi connectivity index (χ4v) is 3.15. The van der Waals surface area contributed by atoms with E-state index in [-0.39, 0.29) is 5.91 Å². The smallest absolute Gasteiger partial charge is 0.251 e. The first-order valence-electron chi connectivity index (χ1n) is 8.15. The zero-order valence-electron chi connectivity index (χ0n) is 13.5. The van der Waals surface area contributed by atoms with E-state index in [0.29, 0.717) is 17.3 Å². The number of carbonyl (C=O) groups is 1. The maximum absolute atomic E-state index is 12.3. The molecule has 1 saturated heterocycles. The molecule has 1 fully saturated rings. The summed E-state index contributed by atoms with van der Waals surface area (Å²) >= 11 is 0. The number of benzene rings is 1. The second-order valence-corrected chi connectivity index (χ2v) is 6.23. The van der Waals surface area contributed by atoms with E-state index in [1.807, 2.05) is 24.3 Å². The van der Waals surface area contributed by atoms with E-state index < -0.39 is 0 Å². The van der Waals surface area contributed by atoms with Gasteiger partial charge in [-0.1, -0.05) is 12.1 Å². The Hall–Kier alpha value is -2.21. The first kappa shape index (κ1) is 15.7. The molecular formula is C17H23N5O. The monoisotopic (exact) mass is 313 g/mol. The lowest BCUT2D eigenvalue weighted by atomic mass is 9.95. The first-order valence-corrected chi connectivity index (χ1v) is 8.15. The Balaban J connectivity index is 1.53. The summed E-state index contributed by atoms with van der Waals surface area (Å²) in [5.41, 5.74) is 1.52. The zero-order valence-corrected chi connectivity index (χ0v) is 13.5. The lowest BCUT2D eigenvalue weighted by Gasteiger charge is -2.29. The van der Waals surface area contributed by atoms with Crippen LogP contribution in [0.1, 0.15) is 29.6 Å². The van der Waals surface area contributed by atoms with Crippen molar-refractivity contribution >= 4 is 5.91 Å². The molecule has 0 aliphatic carbocycles. The topological polar surface area (TPSA) is 73.9 Å². The molecule has 1 unspecified atom stereocenters. The Morgan fingerprint density at radius 3 is 3.17 bits per heavy atom. The van der Waals surface area contributed by atoms with E-state index in [2.05, 4.69) is 32.4 Å². The van der Waals surface area contributed by atoms with Gasteiger partial charge in [0.15, 0.2) is 5.82 Å². The maximum atomic E-state index is 12.3. The molecule has 122 valence electrons. The SMILES string of the molecule is CN1CCCC(CCNC(=O)c2cccc(-c3ncn[nH]3)c2)C1. The number of hydrogen-bond donors (Lipinski definition) is 2. The van der Waals surface area contributed by atoms with Crippen molar-refractivity contribution in [3.8, 4) is 11.4 Å². The van der Waals surface area contributed by atoms with Crippen molar-refractivity contribution in [3.05, 3.63) is 36.2 Å². The minimum Gasteiger partial charge on any atom is -0.352 e. The van der Waals surface area contributed by atoms with Crippen LogP contribution in [-0.4, -0.2) is 52.7 Å². The van der Waals surface area contributed by atoms with Crippen molar-refractivity contribution in [2.24, 2.45) is 5.92 Å². The molecular weight excluding hydrogens is 290 g/mol. The second kappa shape index (κ2) is 7.37. The third-order valence-corrected chi connectivity index (χ3v) is 4.37. The number of carbonyl (C=O) groups excluding carboxylic acids is 1. The van der Waals surface area contributed by atoms with Gasteiger partial charge in [-0.25, -0.2) is 4.98 Å². The Morgan fingerprint density at radius 2 is 2.39 bits per heavy atom. The summed E-state index contributed by atoms with van der Waals surface area (Å²) in [6.07, 6.45) is 5.02. The average molecular weight is 313 g/mol. The highest BCUT2D eigenvalue weighted by atomic mass is 16.1. The van der Waals surface area contributed by atoms with Gasteiger partial charge in [-0.05, 0) is 50.9 Å². The van der Waals surface area contributed by atoms with Crippen LogP contribution in [0, 0.1) is 5.92 Å². The summed E-state index contributed by atoms with van der Waals surface area (Å²) < 4.78 is 0. The number of rotatable bonds is 5. The highest BCUT2D eigenvalue weighted by Crippen LogP contribution is 2.18. The van der Waals surface area contributed by atoms with Crippen molar-refractivity contribution in [1.82, 2.24) is 25.4 Å². The van der Waals surface area contributed by atoms with Crippen LogP contribution in [-0.2, 0) is 0 Å². The number of nitrogens with one attached hydrogen (secondary N) is 2. The molecule has 2 N–H and O–H groups in total. The van der Waals surface area contributed by atoms with Gasteiger partial charge in [0.05, 0.1) is 0 Å². The minimum absolute atomic E-state index is 0.0319. The van der Waals surface area contributed by atoms with Crippen LogP contribution >= 0.6 is 0 Å². The molecule has 1 aromatic heterocycles. The molecule has 0 spiro atoms. The molecule has 2 aromatic rings. The van der Waals surface area contributed by atoms with Crippen LogP contribution in [0.25, 0.3) is 11.4 Å². The van der Waals surface area contributed by atoms with Crippen molar-refractivity contribution < 1.29 is 4.79 Å². The summed E-state index contributed by atoms with van der Waals surface area (Å²) in [5, 5.41) is 9.68. The van der Waals surface area contributed by atoms with Crippen LogP contribution in [0.3, 0.4) is 0 Å². The maximum Gasteiger partial charge on any atom is 0.251 e. The first-order chi connectivity index (χ1) is 11.2. The largest absolute Gasteiger partial charge is 0.352 e. The molecule has 1 amide bonds. The Morgan fingerprint density at radius 1 is 1.48 bits per heavy atom. The van der Waals surface area contributed by atoms with E-state index in [9.17, 15) is 4.79 Å². The van der Waals surface area contributed by atoms with Gasteiger partial charge in [-0.15, -0.1) is 0 Å². The number of H-pyrrole nitrogens is 1. The van der Waals surface area contributed by atoms with Crippen LogP contribution in [0.4, 0.5) is 0 Å². The zero-order chi connectivity index (χ0) is 16.1. The molecule has 0 saturated carbocycles. The molecule has 0 bridgehead atoms. The van der Waals surface area contributed by atoms with Crippen molar-refractivity contribution in [1.29, 1.82) is 0 Å². The van der Waals surface area contributed by atoms with Crippen LogP contribution in [0.2, 0.25) is 0 Å².